The lowest BCUT2D eigenvalue weighted by atomic mass is 10.0. The van der Waals surface area contributed by atoms with E-state index < -0.39 is 33.9 Å². The number of aromatic nitrogens is 3. The van der Waals surface area contributed by atoms with Gasteiger partial charge in [-0.15, -0.1) is 0 Å². The molecule has 0 unspecified atom stereocenters. The molecule has 0 bridgehead atoms. The van der Waals surface area contributed by atoms with Crippen LogP contribution in [0.25, 0.3) is 22.0 Å². The number of nitrogens with one attached hydrogen (secondary N) is 2. The fourth-order valence-corrected chi connectivity index (χ4v) is 6.37. The van der Waals surface area contributed by atoms with E-state index in [2.05, 4.69) is 20.0 Å². The van der Waals surface area contributed by atoms with Crippen molar-refractivity contribution in [2.45, 2.75) is 58.6 Å². The molecule has 1 aliphatic rings. The lowest BCUT2D eigenvalue weighted by Gasteiger charge is -2.34. The Morgan fingerprint density at radius 3 is 2.64 bits per heavy atom. The second-order valence-corrected chi connectivity index (χ2v) is 14.2. The highest BCUT2D eigenvalue weighted by atomic mass is 32.2. The summed E-state index contributed by atoms with van der Waals surface area (Å²) in [6.45, 7) is 7.56. The molecule has 0 spiro atoms. The molecule has 250 valence electrons. The highest BCUT2D eigenvalue weighted by molar-refractivity contribution is 7.92. The minimum atomic E-state index is -3.99. The van der Waals surface area contributed by atoms with Gasteiger partial charge < -0.3 is 19.7 Å². The molecule has 1 fully saturated rings. The van der Waals surface area contributed by atoms with Gasteiger partial charge in [0, 0.05) is 42.3 Å². The Morgan fingerprint density at radius 1 is 1.09 bits per heavy atom. The fourth-order valence-electron chi connectivity index (χ4n) is 5.26. The Morgan fingerprint density at radius 2 is 1.87 bits per heavy atom. The number of aryl methyl sites for hydroxylation is 1. The number of nitrogens with zero attached hydrogens (tertiary/aromatic N) is 4. The number of pyridine rings is 1. The van der Waals surface area contributed by atoms with Crippen LogP contribution in [0.3, 0.4) is 0 Å². The van der Waals surface area contributed by atoms with Crippen molar-refractivity contribution in [2.75, 3.05) is 35.6 Å². The molecule has 0 saturated carbocycles. The van der Waals surface area contributed by atoms with Gasteiger partial charge in [-0.1, -0.05) is 12.1 Å². The standard InChI is InChI=1S/C33H38F2N6O5S/c1-21-10-11-23-24(12-13-26(35)28(23)40-47(43,44)19-7-15-34)29(21)45-30-25(9-5-16-36-30)27-14-17-37-31(39-27)38-22-8-6-18-41(20-22)32(42)46-33(2,3)4/h5,9-14,16-17,22,40H,6-8,15,18-20H2,1-4H3,(H,37,38,39)/t22-/m0/s1. The lowest BCUT2D eigenvalue weighted by Crippen LogP contribution is -2.47. The van der Waals surface area contributed by atoms with Gasteiger partial charge in [0.15, 0.2) is 0 Å². The second-order valence-electron chi connectivity index (χ2n) is 12.3. The number of ether oxygens (including phenoxy) is 2. The molecule has 0 aliphatic carbocycles. The molecule has 1 aliphatic heterocycles. The average Bonchev–Trinajstić information content (AvgIpc) is 3.02. The summed E-state index contributed by atoms with van der Waals surface area (Å²) >= 11 is 0. The number of hydrogen-bond acceptors (Lipinski definition) is 9. The van der Waals surface area contributed by atoms with E-state index in [-0.39, 0.29) is 35.5 Å². The monoisotopic (exact) mass is 668 g/mol. The van der Waals surface area contributed by atoms with Gasteiger partial charge in [0.2, 0.25) is 21.9 Å². The number of fused-ring (bicyclic) bond motifs is 1. The van der Waals surface area contributed by atoms with Gasteiger partial charge in [0.05, 0.1) is 29.4 Å². The van der Waals surface area contributed by atoms with Crippen LogP contribution in [0.15, 0.2) is 54.9 Å². The number of likely N-dealkylation sites (tertiary alicyclic amines) is 1. The Balaban J connectivity index is 1.41. The van der Waals surface area contributed by atoms with Crippen LogP contribution in [-0.2, 0) is 14.8 Å². The molecule has 1 atom stereocenters. The third-order valence-electron chi connectivity index (χ3n) is 7.41. The van der Waals surface area contributed by atoms with Crippen molar-refractivity contribution >= 4 is 38.5 Å². The smallest absolute Gasteiger partial charge is 0.410 e. The Kier molecular flexibility index (Phi) is 10.1. The summed E-state index contributed by atoms with van der Waals surface area (Å²) in [4.78, 5) is 27.9. The highest BCUT2D eigenvalue weighted by Crippen LogP contribution is 2.39. The van der Waals surface area contributed by atoms with Crippen molar-refractivity contribution in [1.82, 2.24) is 19.9 Å². The molecule has 2 aromatic heterocycles. The fraction of sp³-hybridized carbons (Fsp3) is 0.394. The van der Waals surface area contributed by atoms with Gasteiger partial charge in [-0.3, -0.25) is 9.11 Å². The van der Waals surface area contributed by atoms with E-state index in [4.69, 9.17) is 14.5 Å². The van der Waals surface area contributed by atoms with Crippen molar-refractivity contribution in [2.24, 2.45) is 0 Å². The number of sulfonamides is 1. The molecule has 4 aromatic rings. The van der Waals surface area contributed by atoms with E-state index in [0.29, 0.717) is 47.0 Å². The van der Waals surface area contributed by atoms with Crippen molar-refractivity contribution in [3.05, 3.63) is 66.2 Å². The number of anilines is 2. The third kappa shape index (κ3) is 8.42. The normalized spacial score (nSPS) is 15.4. The van der Waals surface area contributed by atoms with Crippen LogP contribution < -0.4 is 14.8 Å². The molecular weight excluding hydrogens is 630 g/mol. The summed E-state index contributed by atoms with van der Waals surface area (Å²) in [5.41, 5.74) is 0.949. The molecule has 11 nitrogen and oxygen atoms in total. The van der Waals surface area contributed by atoms with E-state index in [1.807, 2.05) is 27.7 Å². The zero-order valence-corrected chi connectivity index (χ0v) is 27.5. The second kappa shape index (κ2) is 14.0. The molecule has 47 heavy (non-hydrogen) atoms. The van der Waals surface area contributed by atoms with E-state index in [1.165, 1.54) is 6.07 Å². The van der Waals surface area contributed by atoms with Gasteiger partial charge in [0.25, 0.3) is 0 Å². The number of carbonyl (C=O) groups is 1. The highest BCUT2D eigenvalue weighted by Gasteiger charge is 2.28. The van der Waals surface area contributed by atoms with Crippen molar-refractivity contribution < 1.29 is 31.5 Å². The van der Waals surface area contributed by atoms with Gasteiger partial charge in [-0.05, 0) is 82.9 Å². The Hall–Kier alpha value is -4.59. The van der Waals surface area contributed by atoms with Crippen molar-refractivity contribution in [3.63, 3.8) is 0 Å². The van der Waals surface area contributed by atoms with Crippen molar-refractivity contribution in [3.8, 4) is 22.9 Å². The third-order valence-corrected chi connectivity index (χ3v) is 8.75. The maximum absolute atomic E-state index is 14.9. The zero-order chi connectivity index (χ0) is 33.8. The van der Waals surface area contributed by atoms with Crippen LogP contribution >= 0.6 is 0 Å². The van der Waals surface area contributed by atoms with E-state index in [9.17, 15) is 22.0 Å². The first-order valence-corrected chi connectivity index (χ1v) is 17.0. The topological polar surface area (TPSA) is 136 Å². The minimum absolute atomic E-state index is 0.0848. The van der Waals surface area contributed by atoms with Crippen LogP contribution in [0.4, 0.5) is 25.2 Å². The first-order valence-electron chi connectivity index (χ1n) is 15.3. The molecule has 0 radical (unpaired) electrons. The molecule has 2 aromatic carbocycles. The minimum Gasteiger partial charge on any atom is -0.444 e. The van der Waals surface area contributed by atoms with Gasteiger partial charge in [-0.2, -0.15) is 0 Å². The predicted molar refractivity (Wildman–Crippen MR) is 176 cm³/mol. The van der Waals surface area contributed by atoms with Gasteiger partial charge >= 0.3 is 6.09 Å². The number of carbonyl (C=O) groups excluding carboxylic acids is 1. The van der Waals surface area contributed by atoms with Gasteiger partial charge in [0.1, 0.15) is 17.2 Å². The summed E-state index contributed by atoms with van der Waals surface area (Å²) in [5, 5.41) is 4.06. The summed E-state index contributed by atoms with van der Waals surface area (Å²) in [7, 11) is -3.99. The molecule has 1 saturated heterocycles. The largest absolute Gasteiger partial charge is 0.444 e. The maximum Gasteiger partial charge on any atom is 0.410 e. The predicted octanol–water partition coefficient (Wildman–Crippen LogP) is 6.84. The van der Waals surface area contributed by atoms with Crippen LogP contribution in [0.2, 0.25) is 0 Å². The summed E-state index contributed by atoms with van der Waals surface area (Å²) in [6.07, 6.45) is 4.24. The zero-order valence-electron chi connectivity index (χ0n) is 26.7. The Bertz CT molecular complexity index is 1870. The summed E-state index contributed by atoms with van der Waals surface area (Å²) in [6, 6.07) is 11.1. The molecule has 3 heterocycles. The molecule has 14 heteroatoms. The number of amides is 1. The Labute approximate surface area is 272 Å². The molecule has 1 amide bonds. The molecule has 5 rings (SSSR count). The van der Waals surface area contributed by atoms with E-state index in [0.717, 1.165) is 18.9 Å². The molecule has 2 N–H and O–H groups in total. The molecular formula is C33H38F2N6O5S. The number of rotatable bonds is 10. The lowest BCUT2D eigenvalue weighted by molar-refractivity contribution is 0.0206. The average molecular weight is 669 g/mol. The quantitative estimate of drug-likeness (QED) is 0.186. The number of hydrogen-bond donors (Lipinski definition) is 2. The number of alkyl halides is 1. The van der Waals surface area contributed by atoms with E-state index in [1.54, 1.807) is 47.6 Å². The first kappa shape index (κ1) is 33.8. The number of piperidine rings is 1. The van der Waals surface area contributed by atoms with Crippen LogP contribution in [0.5, 0.6) is 11.6 Å². The summed E-state index contributed by atoms with van der Waals surface area (Å²) < 4.78 is 66.8. The SMILES string of the molecule is Cc1ccc2c(NS(=O)(=O)CCCF)c(F)ccc2c1Oc1ncccc1-c1ccnc(N[C@H]2CCCN(C(=O)OC(C)(C)C)C2)n1. The first-order chi connectivity index (χ1) is 22.3. The maximum atomic E-state index is 14.9. The van der Waals surface area contributed by atoms with Crippen LogP contribution in [0, 0.1) is 12.7 Å². The van der Waals surface area contributed by atoms with Crippen molar-refractivity contribution in [1.29, 1.82) is 0 Å². The van der Waals surface area contributed by atoms with Crippen LogP contribution in [0.1, 0.15) is 45.6 Å². The number of halogens is 2. The van der Waals surface area contributed by atoms with E-state index >= 15 is 0 Å². The summed E-state index contributed by atoms with van der Waals surface area (Å²) in [5.74, 6) is -0.318. The van der Waals surface area contributed by atoms with Crippen LogP contribution in [-0.4, -0.2) is 71.5 Å². The van der Waals surface area contributed by atoms with Gasteiger partial charge in [-0.25, -0.2) is 32.6 Å². The number of benzene rings is 2.